The second-order valence-electron chi connectivity index (χ2n) is 4.87. The van der Waals surface area contributed by atoms with Gasteiger partial charge in [0.05, 0.1) is 21.3 Å². The predicted molar refractivity (Wildman–Crippen MR) is 84.9 cm³/mol. The van der Waals surface area contributed by atoms with Crippen molar-refractivity contribution in [2.24, 2.45) is 0 Å². The number of nitro groups is 1. The van der Waals surface area contributed by atoms with Crippen LogP contribution in [0.5, 0.6) is 0 Å². The highest BCUT2D eigenvalue weighted by molar-refractivity contribution is 7.99. The van der Waals surface area contributed by atoms with Gasteiger partial charge < -0.3 is 5.32 Å². The van der Waals surface area contributed by atoms with Gasteiger partial charge in [-0.3, -0.25) is 14.9 Å². The third kappa shape index (κ3) is 5.75. The Morgan fingerprint density at radius 2 is 1.88 bits per heavy atom. The SMILES string of the molecule is O=C(CSc1ccc(C(F)(F)F)cn1)NCc1ccc([N+](=O)[O-])cc1. The molecule has 1 heterocycles. The van der Waals surface area contributed by atoms with Gasteiger partial charge in [-0.05, 0) is 17.7 Å². The van der Waals surface area contributed by atoms with Gasteiger partial charge in [0, 0.05) is 24.9 Å². The van der Waals surface area contributed by atoms with Crippen LogP contribution in [0.2, 0.25) is 0 Å². The molecule has 0 saturated heterocycles. The molecule has 0 aliphatic heterocycles. The summed E-state index contributed by atoms with van der Waals surface area (Å²) in [6, 6.07) is 7.85. The summed E-state index contributed by atoms with van der Waals surface area (Å²) in [6.45, 7) is 0.192. The maximum atomic E-state index is 12.4. The van der Waals surface area contributed by atoms with E-state index in [0.717, 1.165) is 24.0 Å². The van der Waals surface area contributed by atoms with Gasteiger partial charge in [0.2, 0.25) is 5.91 Å². The number of nitrogens with one attached hydrogen (secondary N) is 1. The van der Waals surface area contributed by atoms with E-state index in [0.29, 0.717) is 10.6 Å². The molecule has 2 rings (SSSR count). The summed E-state index contributed by atoms with van der Waals surface area (Å²) in [4.78, 5) is 25.4. The van der Waals surface area contributed by atoms with Crippen molar-refractivity contribution in [3.8, 4) is 0 Å². The Kier molecular flexibility index (Phi) is 5.97. The lowest BCUT2D eigenvalue weighted by Gasteiger charge is -2.07. The molecule has 0 spiro atoms. The number of amides is 1. The van der Waals surface area contributed by atoms with Crippen molar-refractivity contribution in [1.29, 1.82) is 0 Å². The first-order chi connectivity index (χ1) is 11.8. The van der Waals surface area contributed by atoms with Crippen molar-refractivity contribution in [2.75, 3.05) is 5.75 Å². The van der Waals surface area contributed by atoms with Crippen molar-refractivity contribution >= 4 is 23.4 Å². The zero-order chi connectivity index (χ0) is 18.4. The van der Waals surface area contributed by atoms with Gasteiger partial charge in [0.15, 0.2) is 0 Å². The van der Waals surface area contributed by atoms with Crippen molar-refractivity contribution < 1.29 is 22.9 Å². The van der Waals surface area contributed by atoms with E-state index in [1.807, 2.05) is 0 Å². The lowest BCUT2D eigenvalue weighted by Crippen LogP contribution is -2.24. The Balaban J connectivity index is 1.79. The van der Waals surface area contributed by atoms with Gasteiger partial charge in [-0.25, -0.2) is 4.98 Å². The fourth-order valence-corrected chi connectivity index (χ4v) is 2.43. The second kappa shape index (κ2) is 7.97. The zero-order valence-corrected chi connectivity index (χ0v) is 13.4. The number of rotatable bonds is 6. The highest BCUT2D eigenvalue weighted by Gasteiger charge is 2.30. The second-order valence-corrected chi connectivity index (χ2v) is 5.87. The van der Waals surface area contributed by atoms with E-state index in [4.69, 9.17) is 0 Å². The molecule has 0 bridgehead atoms. The molecule has 10 heteroatoms. The molecule has 0 aliphatic rings. The number of pyridine rings is 1. The number of hydrogen-bond donors (Lipinski definition) is 1. The molecule has 1 aromatic heterocycles. The predicted octanol–water partition coefficient (Wildman–Crippen LogP) is 3.42. The van der Waals surface area contributed by atoms with Crippen LogP contribution in [0, 0.1) is 10.1 Å². The molecule has 1 amide bonds. The van der Waals surface area contributed by atoms with Gasteiger partial charge in [0.25, 0.3) is 5.69 Å². The lowest BCUT2D eigenvalue weighted by atomic mass is 10.2. The number of nitrogens with zero attached hydrogens (tertiary/aromatic N) is 2. The van der Waals surface area contributed by atoms with Gasteiger partial charge in [-0.15, -0.1) is 0 Å². The minimum Gasteiger partial charge on any atom is -0.351 e. The molecule has 6 nitrogen and oxygen atoms in total. The first-order valence-electron chi connectivity index (χ1n) is 6.92. The zero-order valence-electron chi connectivity index (χ0n) is 12.6. The number of thioether (sulfide) groups is 1. The van der Waals surface area contributed by atoms with Crippen LogP contribution in [0.4, 0.5) is 18.9 Å². The topological polar surface area (TPSA) is 85.1 Å². The van der Waals surface area contributed by atoms with Gasteiger partial charge in [-0.2, -0.15) is 13.2 Å². The number of non-ortho nitro benzene ring substituents is 1. The Morgan fingerprint density at radius 3 is 2.40 bits per heavy atom. The van der Waals surface area contributed by atoms with E-state index >= 15 is 0 Å². The number of aromatic nitrogens is 1. The van der Waals surface area contributed by atoms with E-state index in [9.17, 15) is 28.1 Å². The summed E-state index contributed by atoms with van der Waals surface area (Å²) in [7, 11) is 0. The van der Waals surface area contributed by atoms with E-state index in [1.165, 1.54) is 30.3 Å². The molecule has 25 heavy (non-hydrogen) atoms. The maximum Gasteiger partial charge on any atom is 0.417 e. The molecule has 0 fully saturated rings. The Morgan fingerprint density at radius 1 is 1.20 bits per heavy atom. The van der Waals surface area contributed by atoms with Crippen LogP contribution in [0.1, 0.15) is 11.1 Å². The average Bonchev–Trinajstić information content (AvgIpc) is 2.58. The number of benzene rings is 1. The summed E-state index contributed by atoms with van der Waals surface area (Å²) in [5, 5.41) is 13.5. The van der Waals surface area contributed by atoms with Crippen LogP contribution in [0.15, 0.2) is 47.6 Å². The molecule has 0 aliphatic carbocycles. The van der Waals surface area contributed by atoms with E-state index < -0.39 is 16.7 Å². The number of carbonyl (C=O) groups is 1. The summed E-state index contributed by atoms with van der Waals surface area (Å²) in [5.41, 5.74) is -0.199. The molecule has 0 unspecified atom stereocenters. The first-order valence-corrected chi connectivity index (χ1v) is 7.90. The fraction of sp³-hybridized carbons (Fsp3) is 0.200. The monoisotopic (exact) mass is 371 g/mol. The van der Waals surface area contributed by atoms with Crippen LogP contribution in [0.3, 0.4) is 0 Å². The fourth-order valence-electron chi connectivity index (χ4n) is 1.76. The number of halogens is 3. The van der Waals surface area contributed by atoms with Crippen molar-refractivity contribution in [1.82, 2.24) is 10.3 Å². The van der Waals surface area contributed by atoms with Crippen molar-refractivity contribution in [2.45, 2.75) is 17.7 Å². The average molecular weight is 371 g/mol. The minimum atomic E-state index is -4.45. The summed E-state index contributed by atoms with van der Waals surface area (Å²) in [6.07, 6.45) is -3.73. The van der Waals surface area contributed by atoms with Crippen LogP contribution in [-0.4, -0.2) is 21.6 Å². The molecular formula is C15H12F3N3O3S. The number of nitro benzene ring substituents is 1. The molecule has 0 radical (unpaired) electrons. The largest absolute Gasteiger partial charge is 0.417 e. The highest BCUT2D eigenvalue weighted by Crippen LogP contribution is 2.29. The molecule has 1 N–H and O–H groups in total. The Bertz CT molecular complexity index is 749. The Hall–Kier alpha value is -2.62. The molecule has 1 aromatic carbocycles. The molecule has 132 valence electrons. The molecule has 0 atom stereocenters. The van der Waals surface area contributed by atoms with E-state index in [-0.39, 0.29) is 23.9 Å². The van der Waals surface area contributed by atoms with Gasteiger partial charge in [-0.1, -0.05) is 23.9 Å². The number of carbonyl (C=O) groups excluding carboxylic acids is 1. The third-order valence-corrected chi connectivity index (χ3v) is 4.00. The molecule has 2 aromatic rings. The normalized spacial score (nSPS) is 11.2. The van der Waals surface area contributed by atoms with Crippen molar-refractivity contribution in [3.05, 3.63) is 63.8 Å². The summed E-state index contributed by atoms with van der Waals surface area (Å²) in [5.74, 6) is -0.337. The quantitative estimate of drug-likeness (QED) is 0.478. The van der Waals surface area contributed by atoms with Crippen LogP contribution < -0.4 is 5.32 Å². The van der Waals surface area contributed by atoms with Crippen LogP contribution in [0.25, 0.3) is 0 Å². The summed E-state index contributed by atoms with van der Waals surface area (Å²) >= 11 is 1.01. The van der Waals surface area contributed by atoms with E-state index in [2.05, 4.69) is 10.3 Å². The molecule has 0 saturated carbocycles. The van der Waals surface area contributed by atoms with Gasteiger partial charge in [0.1, 0.15) is 0 Å². The van der Waals surface area contributed by atoms with Crippen molar-refractivity contribution in [3.63, 3.8) is 0 Å². The number of hydrogen-bond acceptors (Lipinski definition) is 5. The smallest absolute Gasteiger partial charge is 0.351 e. The van der Waals surface area contributed by atoms with Gasteiger partial charge >= 0.3 is 6.18 Å². The minimum absolute atomic E-state index is 0.00859. The lowest BCUT2D eigenvalue weighted by molar-refractivity contribution is -0.384. The maximum absolute atomic E-state index is 12.4. The van der Waals surface area contributed by atoms with E-state index in [1.54, 1.807) is 0 Å². The molecular weight excluding hydrogens is 359 g/mol. The number of alkyl halides is 3. The van der Waals surface area contributed by atoms with Crippen LogP contribution in [-0.2, 0) is 17.5 Å². The Labute approximate surface area is 144 Å². The first kappa shape index (κ1) is 18.7. The van der Waals surface area contributed by atoms with Crippen LogP contribution >= 0.6 is 11.8 Å². The summed E-state index contributed by atoms with van der Waals surface area (Å²) < 4.78 is 37.2. The third-order valence-electron chi connectivity index (χ3n) is 3.05. The highest BCUT2D eigenvalue weighted by atomic mass is 32.2. The standard InChI is InChI=1S/C15H12F3N3O3S/c16-15(17,18)11-3-6-14(20-8-11)25-9-13(22)19-7-10-1-4-12(5-2-10)21(23)24/h1-6,8H,7,9H2,(H,19,22).